The molecule has 0 radical (unpaired) electrons. The summed E-state index contributed by atoms with van der Waals surface area (Å²) in [5, 5.41) is 7.84. The Morgan fingerprint density at radius 2 is 2.33 bits per heavy atom. The Kier molecular flexibility index (Phi) is 5.24. The number of amides is 2. The molecular formula is C19H21N5O2S. The van der Waals surface area contributed by atoms with Gasteiger partial charge >= 0.3 is 6.03 Å². The molecule has 3 heterocycles. The Hall–Kier alpha value is -3.00. The van der Waals surface area contributed by atoms with Gasteiger partial charge in [-0.05, 0) is 36.1 Å². The lowest BCUT2D eigenvalue weighted by Crippen LogP contribution is -2.33. The van der Waals surface area contributed by atoms with E-state index >= 15 is 0 Å². The molecule has 1 aliphatic heterocycles. The van der Waals surface area contributed by atoms with E-state index in [1.165, 1.54) is 4.88 Å². The minimum absolute atomic E-state index is 0.206. The third-order valence-corrected chi connectivity index (χ3v) is 5.26. The molecule has 4 rings (SSSR count). The second-order valence-electron chi connectivity index (χ2n) is 6.22. The molecule has 0 saturated heterocycles. The highest BCUT2D eigenvalue weighted by atomic mass is 32.1. The van der Waals surface area contributed by atoms with Crippen LogP contribution in [0.1, 0.15) is 10.6 Å². The first kappa shape index (κ1) is 17.4. The molecule has 2 aromatic heterocycles. The third kappa shape index (κ3) is 4.40. The highest BCUT2D eigenvalue weighted by molar-refractivity contribution is 7.09. The number of hydrogen-bond acceptors (Lipinski definition) is 5. The lowest BCUT2D eigenvalue weighted by molar-refractivity contribution is 0.252. The average molecular weight is 383 g/mol. The number of H-pyrrole nitrogens is 1. The zero-order chi connectivity index (χ0) is 18.5. The Bertz CT molecular complexity index is 880. The van der Waals surface area contributed by atoms with Gasteiger partial charge in [0.1, 0.15) is 12.4 Å². The Morgan fingerprint density at radius 3 is 3.15 bits per heavy atom. The summed E-state index contributed by atoms with van der Waals surface area (Å²) >= 11 is 1.70. The fraction of sp³-hybridized carbons (Fsp3) is 0.263. The molecule has 1 aromatic carbocycles. The zero-order valence-electron chi connectivity index (χ0n) is 14.8. The van der Waals surface area contributed by atoms with Gasteiger partial charge in [-0.25, -0.2) is 9.78 Å². The Morgan fingerprint density at radius 1 is 1.37 bits per heavy atom. The number of benzene rings is 1. The Balaban J connectivity index is 1.38. The van der Waals surface area contributed by atoms with E-state index in [0.29, 0.717) is 19.7 Å². The topological polar surface area (TPSA) is 82.3 Å². The Labute approximate surface area is 161 Å². The summed E-state index contributed by atoms with van der Waals surface area (Å²) in [7, 11) is 0. The van der Waals surface area contributed by atoms with Crippen LogP contribution in [0.25, 0.3) is 0 Å². The van der Waals surface area contributed by atoms with Crippen molar-refractivity contribution in [3.05, 3.63) is 58.8 Å². The molecule has 0 fully saturated rings. The maximum Gasteiger partial charge on any atom is 0.319 e. The van der Waals surface area contributed by atoms with E-state index in [2.05, 4.69) is 31.6 Å². The molecule has 27 heavy (non-hydrogen) atoms. The van der Waals surface area contributed by atoms with Crippen molar-refractivity contribution in [3.8, 4) is 5.75 Å². The van der Waals surface area contributed by atoms with Crippen LogP contribution in [-0.2, 0) is 13.0 Å². The van der Waals surface area contributed by atoms with Crippen molar-refractivity contribution in [2.24, 2.45) is 0 Å². The number of nitrogens with zero attached hydrogens (tertiary/aromatic N) is 2. The van der Waals surface area contributed by atoms with Crippen LogP contribution in [0, 0.1) is 0 Å². The van der Waals surface area contributed by atoms with Crippen molar-refractivity contribution in [3.63, 3.8) is 0 Å². The summed E-state index contributed by atoms with van der Waals surface area (Å²) in [6.07, 6.45) is 4.40. The minimum atomic E-state index is -0.206. The number of aromatic nitrogens is 2. The molecule has 2 amide bonds. The predicted octanol–water partition coefficient (Wildman–Crippen LogP) is 3.23. The molecule has 8 heteroatoms. The molecule has 0 spiro atoms. The number of aromatic amines is 1. The molecule has 0 atom stereocenters. The van der Waals surface area contributed by atoms with Gasteiger partial charge in [-0.2, -0.15) is 0 Å². The van der Waals surface area contributed by atoms with Gasteiger partial charge in [-0.3, -0.25) is 0 Å². The van der Waals surface area contributed by atoms with Crippen LogP contribution >= 0.6 is 11.3 Å². The van der Waals surface area contributed by atoms with Gasteiger partial charge in [-0.1, -0.05) is 6.07 Å². The number of imidazole rings is 1. The van der Waals surface area contributed by atoms with Gasteiger partial charge in [-0.15, -0.1) is 11.3 Å². The summed E-state index contributed by atoms with van der Waals surface area (Å²) in [5.41, 5.74) is 2.66. The smallest absolute Gasteiger partial charge is 0.319 e. The van der Waals surface area contributed by atoms with Crippen molar-refractivity contribution in [2.45, 2.75) is 13.0 Å². The number of hydrogen-bond donors (Lipinski definition) is 3. The van der Waals surface area contributed by atoms with Crippen LogP contribution in [0.5, 0.6) is 5.75 Å². The summed E-state index contributed by atoms with van der Waals surface area (Å²) < 4.78 is 5.74. The summed E-state index contributed by atoms with van der Waals surface area (Å²) in [4.78, 5) is 22.9. The van der Waals surface area contributed by atoms with E-state index in [4.69, 9.17) is 4.74 Å². The molecule has 0 saturated carbocycles. The van der Waals surface area contributed by atoms with E-state index in [1.54, 1.807) is 17.7 Å². The number of nitrogens with one attached hydrogen (secondary N) is 3. The molecular weight excluding hydrogens is 362 g/mol. The van der Waals surface area contributed by atoms with Crippen molar-refractivity contribution in [1.29, 1.82) is 0 Å². The van der Waals surface area contributed by atoms with E-state index in [0.717, 1.165) is 35.8 Å². The van der Waals surface area contributed by atoms with Crippen LogP contribution in [0.3, 0.4) is 0 Å². The number of carbonyl (C=O) groups excluding carboxylic acids is 1. The fourth-order valence-electron chi connectivity index (χ4n) is 3.02. The third-order valence-electron chi connectivity index (χ3n) is 4.32. The molecule has 1 aliphatic rings. The summed E-state index contributed by atoms with van der Waals surface area (Å²) in [5.74, 6) is 0.820. The summed E-state index contributed by atoms with van der Waals surface area (Å²) in [6.45, 7) is 2.70. The van der Waals surface area contributed by atoms with E-state index < -0.39 is 0 Å². The lowest BCUT2D eigenvalue weighted by Gasteiger charge is -2.31. The molecule has 3 aromatic rings. The number of rotatable bonds is 6. The molecule has 7 nitrogen and oxygen atoms in total. The number of fused-ring (bicyclic) bond motifs is 1. The van der Waals surface area contributed by atoms with Gasteiger partial charge < -0.3 is 25.3 Å². The largest absolute Gasteiger partial charge is 0.490 e. The standard InChI is InChI=1S/C19H21N5O2S/c25-19(21-6-5-16-2-1-9-27-16)23-14-3-4-18-17(10-14)24(7-8-26-18)12-15-11-20-13-22-15/h1-4,9-11,13H,5-8,12H2,(H,20,22)(H2,21,23,25). The van der Waals surface area contributed by atoms with Crippen LogP contribution in [0.2, 0.25) is 0 Å². The van der Waals surface area contributed by atoms with Crippen molar-refractivity contribution in [2.75, 3.05) is 29.9 Å². The molecule has 0 aliphatic carbocycles. The predicted molar refractivity (Wildman–Crippen MR) is 107 cm³/mol. The molecule has 0 unspecified atom stereocenters. The van der Waals surface area contributed by atoms with Gasteiger partial charge in [0.25, 0.3) is 0 Å². The molecule has 140 valence electrons. The SMILES string of the molecule is O=C(NCCc1cccs1)Nc1ccc2c(c1)N(Cc1c[nH]cn1)CCO2. The van der Waals surface area contributed by atoms with Crippen LogP contribution in [-0.4, -0.2) is 35.7 Å². The number of anilines is 2. The van der Waals surface area contributed by atoms with Gasteiger partial charge in [0, 0.05) is 23.3 Å². The van der Waals surface area contributed by atoms with E-state index in [9.17, 15) is 4.79 Å². The van der Waals surface area contributed by atoms with E-state index in [1.807, 2.05) is 35.8 Å². The maximum atomic E-state index is 12.2. The minimum Gasteiger partial charge on any atom is -0.490 e. The van der Waals surface area contributed by atoms with Gasteiger partial charge in [0.05, 0.1) is 30.8 Å². The normalized spacial score (nSPS) is 13.0. The quantitative estimate of drug-likeness (QED) is 0.610. The molecule has 3 N–H and O–H groups in total. The van der Waals surface area contributed by atoms with Gasteiger partial charge in [0.15, 0.2) is 0 Å². The zero-order valence-corrected chi connectivity index (χ0v) is 15.6. The maximum absolute atomic E-state index is 12.2. The lowest BCUT2D eigenvalue weighted by atomic mass is 10.2. The number of thiophene rings is 1. The first-order valence-electron chi connectivity index (χ1n) is 8.84. The monoisotopic (exact) mass is 383 g/mol. The second-order valence-corrected chi connectivity index (χ2v) is 7.26. The highest BCUT2D eigenvalue weighted by Crippen LogP contribution is 2.34. The van der Waals surface area contributed by atoms with E-state index in [-0.39, 0.29) is 6.03 Å². The van der Waals surface area contributed by atoms with Crippen LogP contribution in [0.4, 0.5) is 16.2 Å². The van der Waals surface area contributed by atoms with Crippen molar-refractivity contribution < 1.29 is 9.53 Å². The van der Waals surface area contributed by atoms with Crippen molar-refractivity contribution >= 4 is 28.7 Å². The first-order valence-corrected chi connectivity index (χ1v) is 9.72. The number of urea groups is 1. The number of carbonyl (C=O) groups is 1. The van der Waals surface area contributed by atoms with Crippen LogP contribution < -0.4 is 20.3 Å². The second kappa shape index (κ2) is 8.13. The molecule has 0 bridgehead atoms. The van der Waals surface area contributed by atoms with Crippen molar-refractivity contribution in [1.82, 2.24) is 15.3 Å². The first-order chi connectivity index (χ1) is 13.3. The fourth-order valence-corrected chi connectivity index (χ4v) is 3.73. The highest BCUT2D eigenvalue weighted by Gasteiger charge is 2.19. The average Bonchev–Trinajstić information content (AvgIpc) is 3.36. The summed E-state index contributed by atoms with van der Waals surface area (Å²) in [6, 6.07) is 9.58. The van der Waals surface area contributed by atoms with Gasteiger partial charge in [0.2, 0.25) is 0 Å². The number of ether oxygens (including phenoxy) is 1. The van der Waals surface area contributed by atoms with Crippen LogP contribution in [0.15, 0.2) is 48.2 Å².